The van der Waals surface area contributed by atoms with Gasteiger partial charge in [-0.2, -0.15) is 0 Å². The van der Waals surface area contributed by atoms with Crippen molar-refractivity contribution in [2.24, 2.45) is 0 Å². The Morgan fingerprint density at radius 2 is 1.82 bits per heavy atom. The molecule has 0 aliphatic rings. The van der Waals surface area contributed by atoms with Crippen LogP contribution < -0.4 is 5.32 Å². The number of halogens is 1. The van der Waals surface area contributed by atoms with Crippen molar-refractivity contribution >= 4 is 23.4 Å². The molecule has 0 fully saturated rings. The van der Waals surface area contributed by atoms with E-state index in [-0.39, 0.29) is 18.4 Å². The van der Waals surface area contributed by atoms with Crippen LogP contribution in [0.1, 0.15) is 18.9 Å². The fourth-order valence-electron chi connectivity index (χ4n) is 1.94. The van der Waals surface area contributed by atoms with Gasteiger partial charge in [0.25, 0.3) is 0 Å². The maximum atomic E-state index is 11.9. The third-order valence-corrected chi connectivity index (χ3v) is 3.42. The summed E-state index contributed by atoms with van der Waals surface area (Å²) in [6, 6.07) is 7.26. The van der Waals surface area contributed by atoms with E-state index in [1.54, 1.807) is 12.1 Å². The van der Waals surface area contributed by atoms with Crippen molar-refractivity contribution in [3.8, 4) is 0 Å². The van der Waals surface area contributed by atoms with E-state index in [0.29, 0.717) is 18.1 Å². The second-order valence-electron chi connectivity index (χ2n) is 5.51. The van der Waals surface area contributed by atoms with Crippen LogP contribution >= 0.6 is 11.6 Å². The third kappa shape index (κ3) is 7.43. The Kier molecular flexibility index (Phi) is 7.91. The van der Waals surface area contributed by atoms with Crippen molar-refractivity contribution in [3.63, 3.8) is 0 Å². The van der Waals surface area contributed by atoms with Gasteiger partial charge in [-0.1, -0.05) is 23.7 Å². The molecule has 0 bridgehead atoms. The molecule has 122 valence electrons. The normalized spacial score (nSPS) is 10.6. The van der Waals surface area contributed by atoms with E-state index < -0.39 is 0 Å². The average molecular weight is 326 g/mol. The number of rotatable bonds is 8. The van der Waals surface area contributed by atoms with Gasteiger partial charge >= 0.3 is 0 Å². The van der Waals surface area contributed by atoms with Gasteiger partial charge in [0.2, 0.25) is 11.8 Å². The second kappa shape index (κ2) is 9.43. The molecule has 0 heterocycles. The highest BCUT2D eigenvalue weighted by Crippen LogP contribution is 2.11. The molecule has 0 atom stereocenters. The van der Waals surface area contributed by atoms with Crippen molar-refractivity contribution in [2.75, 3.05) is 33.7 Å². The second-order valence-corrected chi connectivity index (χ2v) is 5.94. The lowest BCUT2D eigenvalue weighted by Crippen LogP contribution is -2.40. The number of carbonyl (C=O) groups excluding carboxylic acids is 2. The summed E-state index contributed by atoms with van der Waals surface area (Å²) in [7, 11) is 3.98. The Hall–Kier alpha value is -1.59. The molecule has 0 aromatic heterocycles. The summed E-state index contributed by atoms with van der Waals surface area (Å²) >= 11 is 5.84. The van der Waals surface area contributed by atoms with Crippen molar-refractivity contribution < 1.29 is 9.59 Å². The molecule has 1 N–H and O–H groups in total. The van der Waals surface area contributed by atoms with E-state index in [9.17, 15) is 9.59 Å². The predicted molar refractivity (Wildman–Crippen MR) is 88.7 cm³/mol. The Balaban J connectivity index is 2.45. The van der Waals surface area contributed by atoms with E-state index in [1.807, 2.05) is 26.2 Å². The van der Waals surface area contributed by atoms with Gasteiger partial charge in [-0.15, -0.1) is 0 Å². The minimum Gasteiger partial charge on any atom is -0.355 e. The first-order valence-electron chi connectivity index (χ1n) is 7.30. The summed E-state index contributed by atoms with van der Waals surface area (Å²) in [6.07, 6.45) is 0.885. The van der Waals surface area contributed by atoms with Gasteiger partial charge in [-0.25, -0.2) is 0 Å². The Bertz CT molecular complexity index is 489. The van der Waals surface area contributed by atoms with Crippen molar-refractivity contribution in [2.45, 2.75) is 19.9 Å². The molecule has 0 spiro atoms. The van der Waals surface area contributed by atoms with E-state index in [4.69, 9.17) is 11.6 Å². The number of hydrogen-bond acceptors (Lipinski definition) is 3. The number of nitrogens with one attached hydrogen (secondary N) is 1. The highest BCUT2D eigenvalue weighted by atomic mass is 35.5. The van der Waals surface area contributed by atoms with Crippen LogP contribution in [0.4, 0.5) is 0 Å². The molecular formula is C16H24ClN3O2. The largest absolute Gasteiger partial charge is 0.355 e. The minimum absolute atomic E-state index is 0.0694. The Labute approximate surface area is 137 Å². The van der Waals surface area contributed by atoms with Crippen LogP contribution in [0.15, 0.2) is 24.3 Å². The van der Waals surface area contributed by atoms with Crippen LogP contribution in [-0.2, 0) is 16.1 Å². The molecular weight excluding hydrogens is 302 g/mol. The van der Waals surface area contributed by atoms with E-state index >= 15 is 0 Å². The van der Waals surface area contributed by atoms with Gasteiger partial charge in [0.05, 0.1) is 6.54 Å². The number of benzene rings is 1. The lowest BCUT2D eigenvalue weighted by molar-refractivity contribution is -0.134. The van der Waals surface area contributed by atoms with Crippen LogP contribution in [0.3, 0.4) is 0 Å². The Morgan fingerprint density at radius 3 is 2.36 bits per heavy atom. The molecule has 5 nitrogen and oxygen atoms in total. The number of hydrogen-bond donors (Lipinski definition) is 1. The summed E-state index contributed by atoms with van der Waals surface area (Å²) in [5.41, 5.74) is 0.944. The summed E-state index contributed by atoms with van der Waals surface area (Å²) in [5.74, 6) is -0.263. The monoisotopic (exact) mass is 325 g/mol. The Morgan fingerprint density at radius 1 is 1.18 bits per heavy atom. The molecule has 0 aliphatic heterocycles. The van der Waals surface area contributed by atoms with Crippen LogP contribution in [-0.4, -0.2) is 55.3 Å². The van der Waals surface area contributed by atoms with Crippen molar-refractivity contribution in [3.05, 3.63) is 34.9 Å². The predicted octanol–water partition coefficient (Wildman–Crippen LogP) is 1.76. The molecule has 1 aromatic rings. The summed E-state index contributed by atoms with van der Waals surface area (Å²) in [6.45, 7) is 3.47. The van der Waals surface area contributed by atoms with E-state index in [0.717, 1.165) is 18.5 Å². The van der Waals surface area contributed by atoms with Crippen LogP contribution in [0.2, 0.25) is 5.02 Å². The minimum atomic E-state index is -0.136. The highest BCUT2D eigenvalue weighted by Gasteiger charge is 2.13. The van der Waals surface area contributed by atoms with Crippen molar-refractivity contribution in [1.29, 1.82) is 0 Å². The summed E-state index contributed by atoms with van der Waals surface area (Å²) < 4.78 is 0. The van der Waals surface area contributed by atoms with Gasteiger partial charge < -0.3 is 15.1 Å². The standard InChI is InChI=1S/C16H24ClN3O2/c1-13(21)20(11-14-5-7-15(17)8-6-14)12-16(22)18-9-4-10-19(2)3/h5-8H,4,9-12H2,1-3H3,(H,18,22). The van der Waals surface area contributed by atoms with Crippen LogP contribution in [0, 0.1) is 0 Å². The maximum absolute atomic E-state index is 11.9. The highest BCUT2D eigenvalue weighted by molar-refractivity contribution is 6.30. The van der Waals surface area contributed by atoms with Gasteiger partial charge in [-0.05, 0) is 44.8 Å². The first-order valence-corrected chi connectivity index (χ1v) is 7.67. The molecule has 2 amide bonds. The fourth-order valence-corrected chi connectivity index (χ4v) is 2.07. The van der Waals surface area contributed by atoms with Gasteiger partial charge in [-0.3, -0.25) is 9.59 Å². The number of nitrogens with zero attached hydrogens (tertiary/aromatic N) is 2. The number of amides is 2. The van der Waals surface area contributed by atoms with Crippen LogP contribution in [0.25, 0.3) is 0 Å². The molecule has 22 heavy (non-hydrogen) atoms. The molecule has 0 saturated heterocycles. The third-order valence-electron chi connectivity index (χ3n) is 3.17. The zero-order chi connectivity index (χ0) is 16.5. The molecule has 0 radical (unpaired) electrons. The smallest absolute Gasteiger partial charge is 0.239 e. The molecule has 1 rings (SSSR count). The molecule has 6 heteroatoms. The first kappa shape index (κ1) is 18.5. The lowest BCUT2D eigenvalue weighted by Gasteiger charge is -2.21. The topological polar surface area (TPSA) is 52.7 Å². The fraction of sp³-hybridized carbons (Fsp3) is 0.500. The van der Waals surface area contributed by atoms with Crippen molar-refractivity contribution in [1.82, 2.24) is 15.1 Å². The SMILES string of the molecule is CC(=O)N(CC(=O)NCCCN(C)C)Cc1ccc(Cl)cc1. The van der Waals surface area contributed by atoms with Crippen LogP contribution in [0.5, 0.6) is 0 Å². The summed E-state index contributed by atoms with van der Waals surface area (Å²) in [4.78, 5) is 27.2. The van der Waals surface area contributed by atoms with E-state index in [2.05, 4.69) is 10.2 Å². The summed E-state index contributed by atoms with van der Waals surface area (Å²) in [5, 5.41) is 3.49. The van der Waals surface area contributed by atoms with Gasteiger partial charge in [0, 0.05) is 25.0 Å². The molecule has 1 aromatic carbocycles. The van der Waals surface area contributed by atoms with Gasteiger partial charge in [0.1, 0.15) is 0 Å². The zero-order valence-corrected chi connectivity index (χ0v) is 14.2. The zero-order valence-electron chi connectivity index (χ0n) is 13.4. The first-order chi connectivity index (χ1) is 10.4. The molecule has 0 unspecified atom stereocenters. The lowest BCUT2D eigenvalue weighted by atomic mass is 10.2. The quantitative estimate of drug-likeness (QED) is 0.741. The molecule has 0 aliphatic carbocycles. The average Bonchev–Trinajstić information content (AvgIpc) is 2.45. The number of carbonyl (C=O) groups is 2. The maximum Gasteiger partial charge on any atom is 0.239 e. The van der Waals surface area contributed by atoms with Gasteiger partial charge in [0.15, 0.2) is 0 Å². The molecule has 0 saturated carbocycles. The van der Waals surface area contributed by atoms with E-state index in [1.165, 1.54) is 11.8 Å².